The Bertz CT molecular complexity index is 541. The quantitative estimate of drug-likeness (QED) is 0.871. The van der Waals surface area contributed by atoms with E-state index in [4.69, 9.17) is 11.6 Å². The minimum absolute atomic E-state index is 0.332. The average Bonchev–Trinajstić information content (AvgIpc) is 2.67. The third kappa shape index (κ3) is 3.18. The molecule has 0 unspecified atom stereocenters. The van der Waals surface area contributed by atoms with E-state index in [0.29, 0.717) is 10.3 Å². The van der Waals surface area contributed by atoms with Gasteiger partial charge in [0.2, 0.25) is 0 Å². The number of rotatable bonds is 2. The maximum atomic E-state index is 11.6. The Morgan fingerprint density at radius 3 is 2.76 bits per heavy atom. The number of para-hydroxylation sites is 1. The van der Waals surface area contributed by atoms with Gasteiger partial charge < -0.3 is 5.32 Å². The standard InChI is InChI=1S/C11H10ClN3OS/c1-7-4-2-3-5-8(7)13-11(16)15-9-6-17-10(12)14-9/h2-6H,1H3,(H2,13,15,16). The first kappa shape index (κ1) is 11.9. The van der Waals surface area contributed by atoms with Gasteiger partial charge in [0.25, 0.3) is 0 Å². The summed E-state index contributed by atoms with van der Waals surface area (Å²) in [4.78, 5) is 15.6. The predicted octanol–water partition coefficient (Wildman–Crippen LogP) is 3.75. The Kier molecular flexibility index (Phi) is 3.61. The molecule has 2 amide bonds. The molecule has 0 spiro atoms. The maximum absolute atomic E-state index is 11.6. The van der Waals surface area contributed by atoms with Crippen LogP contribution in [-0.4, -0.2) is 11.0 Å². The van der Waals surface area contributed by atoms with E-state index in [9.17, 15) is 4.79 Å². The molecule has 0 fully saturated rings. The first-order chi connectivity index (χ1) is 8.15. The zero-order valence-electron chi connectivity index (χ0n) is 9.03. The molecular weight excluding hydrogens is 258 g/mol. The number of urea groups is 1. The summed E-state index contributed by atoms with van der Waals surface area (Å²) in [6, 6.07) is 7.21. The van der Waals surface area contributed by atoms with Gasteiger partial charge in [-0.3, -0.25) is 5.32 Å². The lowest BCUT2D eigenvalue weighted by Gasteiger charge is -2.07. The molecule has 0 aliphatic carbocycles. The molecule has 88 valence electrons. The van der Waals surface area contributed by atoms with Crippen LogP contribution in [0.1, 0.15) is 5.56 Å². The van der Waals surface area contributed by atoms with Crippen molar-refractivity contribution in [2.45, 2.75) is 6.92 Å². The monoisotopic (exact) mass is 267 g/mol. The van der Waals surface area contributed by atoms with E-state index in [1.807, 2.05) is 31.2 Å². The van der Waals surface area contributed by atoms with Crippen LogP contribution in [0.25, 0.3) is 0 Å². The topological polar surface area (TPSA) is 54.0 Å². The summed E-state index contributed by atoms with van der Waals surface area (Å²) < 4.78 is 0.399. The van der Waals surface area contributed by atoms with Crippen LogP contribution < -0.4 is 10.6 Å². The Balaban J connectivity index is 2.01. The second-order valence-corrected chi connectivity index (χ2v) is 4.82. The highest BCUT2D eigenvalue weighted by atomic mass is 35.5. The van der Waals surface area contributed by atoms with Gasteiger partial charge in [0.15, 0.2) is 4.47 Å². The zero-order chi connectivity index (χ0) is 12.3. The number of carbonyl (C=O) groups is 1. The third-order valence-corrected chi connectivity index (χ3v) is 3.09. The molecular formula is C11H10ClN3OS. The first-order valence-corrected chi connectivity index (χ1v) is 6.15. The van der Waals surface area contributed by atoms with Crippen LogP contribution in [0.4, 0.5) is 16.3 Å². The van der Waals surface area contributed by atoms with Crippen molar-refractivity contribution in [1.29, 1.82) is 0 Å². The van der Waals surface area contributed by atoms with E-state index >= 15 is 0 Å². The smallest absolute Gasteiger partial charge is 0.307 e. The minimum atomic E-state index is -0.332. The van der Waals surface area contributed by atoms with Crippen LogP contribution >= 0.6 is 22.9 Å². The number of hydrogen-bond acceptors (Lipinski definition) is 3. The fourth-order valence-corrected chi connectivity index (χ4v) is 1.99. The van der Waals surface area contributed by atoms with Gasteiger partial charge in [0.1, 0.15) is 5.82 Å². The van der Waals surface area contributed by atoms with Gasteiger partial charge in [-0.1, -0.05) is 29.8 Å². The first-order valence-electron chi connectivity index (χ1n) is 4.90. The summed E-state index contributed by atoms with van der Waals surface area (Å²) >= 11 is 6.93. The van der Waals surface area contributed by atoms with Crippen LogP contribution in [-0.2, 0) is 0 Å². The van der Waals surface area contributed by atoms with Gasteiger partial charge in [-0.2, -0.15) is 0 Å². The van der Waals surface area contributed by atoms with Crippen LogP contribution in [0.5, 0.6) is 0 Å². The van der Waals surface area contributed by atoms with Crippen molar-refractivity contribution in [3.8, 4) is 0 Å². The van der Waals surface area contributed by atoms with E-state index < -0.39 is 0 Å². The number of anilines is 2. The van der Waals surface area contributed by atoms with E-state index in [0.717, 1.165) is 11.3 Å². The number of aromatic nitrogens is 1. The van der Waals surface area contributed by atoms with E-state index in [2.05, 4.69) is 15.6 Å². The van der Waals surface area contributed by atoms with Crippen molar-refractivity contribution in [3.63, 3.8) is 0 Å². The fraction of sp³-hybridized carbons (Fsp3) is 0.0909. The van der Waals surface area contributed by atoms with Gasteiger partial charge in [0.05, 0.1) is 0 Å². The second kappa shape index (κ2) is 5.16. The van der Waals surface area contributed by atoms with Crippen molar-refractivity contribution in [1.82, 2.24) is 4.98 Å². The largest absolute Gasteiger partial charge is 0.324 e. The molecule has 17 heavy (non-hydrogen) atoms. The van der Waals surface area contributed by atoms with Crippen LogP contribution in [0.3, 0.4) is 0 Å². The molecule has 4 nitrogen and oxygen atoms in total. The molecule has 2 aromatic rings. The highest BCUT2D eigenvalue weighted by molar-refractivity contribution is 7.14. The van der Waals surface area contributed by atoms with Crippen molar-refractivity contribution in [2.24, 2.45) is 0 Å². The SMILES string of the molecule is Cc1ccccc1NC(=O)Nc1csc(Cl)n1. The number of amides is 2. The highest BCUT2D eigenvalue weighted by Crippen LogP contribution is 2.19. The maximum Gasteiger partial charge on any atom is 0.324 e. The van der Waals surface area contributed by atoms with Gasteiger partial charge >= 0.3 is 6.03 Å². The molecule has 6 heteroatoms. The van der Waals surface area contributed by atoms with Crippen LogP contribution in [0.2, 0.25) is 4.47 Å². The highest BCUT2D eigenvalue weighted by Gasteiger charge is 2.06. The Morgan fingerprint density at radius 1 is 1.35 bits per heavy atom. The summed E-state index contributed by atoms with van der Waals surface area (Å²) in [6.07, 6.45) is 0. The van der Waals surface area contributed by atoms with Gasteiger partial charge in [0, 0.05) is 11.1 Å². The summed E-state index contributed by atoms with van der Waals surface area (Å²) in [6.45, 7) is 1.93. The van der Waals surface area contributed by atoms with Gasteiger partial charge in [-0.15, -0.1) is 11.3 Å². The van der Waals surface area contributed by atoms with Gasteiger partial charge in [-0.05, 0) is 18.6 Å². The van der Waals surface area contributed by atoms with E-state index in [-0.39, 0.29) is 6.03 Å². The summed E-state index contributed by atoms with van der Waals surface area (Å²) in [7, 11) is 0. The molecule has 0 radical (unpaired) electrons. The number of hydrogen-bond donors (Lipinski definition) is 2. The minimum Gasteiger partial charge on any atom is -0.307 e. The van der Waals surface area contributed by atoms with Gasteiger partial charge in [-0.25, -0.2) is 9.78 Å². The number of nitrogens with zero attached hydrogens (tertiary/aromatic N) is 1. The molecule has 2 rings (SSSR count). The molecule has 0 aliphatic rings. The van der Waals surface area contributed by atoms with Crippen LogP contribution in [0.15, 0.2) is 29.6 Å². The number of aryl methyl sites for hydroxylation is 1. The molecule has 0 aliphatic heterocycles. The number of benzene rings is 1. The van der Waals surface area contributed by atoms with E-state index in [1.165, 1.54) is 11.3 Å². The molecule has 1 aromatic heterocycles. The third-order valence-electron chi connectivity index (χ3n) is 2.11. The Labute approximate surface area is 108 Å². The molecule has 0 atom stereocenters. The number of halogens is 1. The summed E-state index contributed by atoms with van der Waals surface area (Å²) in [5.41, 5.74) is 1.77. The Morgan fingerprint density at radius 2 is 2.12 bits per heavy atom. The summed E-state index contributed by atoms with van der Waals surface area (Å²) in [5.74, 6) is 0.450. The molecule has 0 saturated heterocycles. The normalized spacial score (nSPS) is 10.0. The number of carbonyl (C=O) groups excluding carboxylic acids is 1. The zero-order valence-corrected chi connectivity index (χ0v) is 10.6. The lowest BCUT2D eigenvalue weighted by atomic mass is 10.2. The number of thiazole rings is 1. The predicted molar refractivity (Wildman–Crippen MR) is 70.9 cm³/mol. The molecule has 0 saturated carbocycles. The fourth-order valence-electron chi connectivity index (χ4n) is 1.29. The summed E-state index contributed by atoms with van der Waals surface area (Å²) in [5, 5.41) is 7.02. The van der Waals surface area contributed by atoms with Crippen molar-refractivity contribution < 1.29 is 4.79 Å². The second-order valence-electron chi connectivity index (χ2n) is 3.38. The van der Waals surface area contributed by atoms with Crippen LogP contribution in [0, 0.1) is 6.92 Å². The lowest BCUT2D eigenvalue weighted by Crippen LogP contribution is -2.20. The average molecular weight is 268 g/mol. The molecule has 2 N–H and O–H groups in total. The van der Waals surface area contributed by atoms with Crippen molar-refractivity contribution in [2.75, 3.05) is 10.6 Å². The molecule has 0 bridgehead atoms. The molecule has 1 heterocycles. The molecule has 1 aromatic carbocycles. The lowest BCUT2D eigenvalue weighted by molar-refractivity contribution is 0.262. The number of nitrogens with one attached hydrogen (secondary N) is 2. The van der Waals surface area contributed by atoms with Crippen molar-refractivity contribution in [3.05, 3.63) is 39.7 Å². The van der Waals surface area contributed by atoms with Crippen molar-refractivity contribution >= 4 is 40.5 Å². The Hall–Kier alpha value is -1.59. The van der Waals surface area contributed by atoms with E-state index in [1.54, 1.807) is 5.38 Å².